The molecule has 7 heteroatoms. The van der Waals surface area contributed by atoms with Gasteiger partial charge in [-0.25, -0.2) is 4.79 Å². The highest BCUT2D eigenvalue weighted by Gasteiger charge is 2.40. The molecule has 0 aliphatic heterocycles. The van der Waals surface area contributed by atoms with Crippen LogP contribution in [0.15, 0.2) is 18.2 Å². The van der Waals surface area contributed by atoms with E-state index in [9.17, 15) is 14.4 Å². The summed E-state index contributed by atoms with van der Waals surface area (Å²) in [6, 6.07) is 4.00. The summed E-state index contributed by atoms with van der Waals surface area (Å²) in [5.74, 6) is -0.405. The van der Waals surface area contributed by atoms with E-state index >= 15 is 0 Å². The van der Waals surface area contributed by atoms with Crippen molar-refractivity contribution in [3.63, 3.8) is 0 Å². The molecule has 0 bridgehead atoms. The van der Waals surface area contributed by atoms with Gasteiger partial charge in [-0.3, -0.25) is 9.59 Å². The number of benzene rings is 1. The van der Waals surface area contributed by atoms with E-state index in [0.717, 1.165) is 16.7 Å². The van der Waals surface area contributed by atoms with E-state index in [0.29, 0.717) is 12.8 Å². The minimum atomic E-state index is -0.845. The van der Waals surface area contributed by atoms with Gasteiger partial charge in [0.1, 0.15) is 17.7 Å². The van der Waals surface area contributed by atoms with Gasteiger partial charge in [-0.15, -0.1) is 0 Å². The predicted molar refractivity (Wildman–Crippen MR) is 146 cm³/mol. The minimum absolute atomic E-state index is 0.135. The highest BCUT2D eigenvalue weighted by molar-refractivity contribution is 5.92. The van der Waals surface area contributed by atoms with Gasteiger partial charge in [0.05, 0.1) is 0 Å². The van der Waals surface area contributed by atoms with E-state index in [1.807, 2.05) is 80.5 Å². The second-order valence-corrected chi connectivity index (χ2v) is 12.3. The average molecular weight is 504 g/mol. The van der Waals surface area contributed by atoms with Gasteiger partial charge in [0.25, 0.3) is 0 Å². The Morgan fingerprint density at radius 1 is 1.00 bits per heavy atom. The van der Waals surface area contributed by atoms with E-state index in [1.165, 1.54) is 0 Å². The summed E-state index contributed by atoms with van der Waals surface area (Å²) >= 11 is 0. The quantitative estimate of drug-likeness (QED) is 0.444. The van der Waals surface area contributed by atoms with Crippen LogP contribution >= 0.6 is 0 Å². The van der Waals surface area contributed by atoms with Crippen LogP contribution < -0.4 is 10.6 Å². The molecule has 0 aliphatic carbocycles. The number of carbonyl (C=O) groups is 3. The third-order valence-electron chi connectivity index (χ3n) is 5.76. The molecule has 1 aromatic carbocycles. The number of amides is 3. The highest BCUT2D eigenvalue weighted by atomic mass is 16.6. The maximum atomic E-state index is 14.2. The molecule has 0 spiro atoms. The van der Waals surface area contributed by atoms with E-state index < -0.39 is 29.3 Å². The molecule has 2 N–H and O–H groups in total. The molecule has 0 saturated heterocycles. The molecule has 1 aromatic rings. The zero-order valence-corrected chi connectivity index (χ0v) is 24.5. The Hall–Kier alpha value is -2.57. The predicted octanol–water partition coefficient (Wildman–Crippen LogP) is 5.83. The molecule has 0 heterocycles. The lowest BCUT2D eigenvalue weighted by atomic mass is 9.93. The molecule has 0 aromatic heterocycles. The molecule has 3 unspecified atom stereocenters. The van der Waals surface area contributed by atoms with Crippen LogP contribution in [0.25, 0.3) is 0 Å². The zero-order valence-electron chi connectivity index (χ0n) is 24.5. The van der Waals surface area contributed by atoms with Gasteiger partial charge in [0.15, 0.2) is 0 Å². The normalized spacial score (nSPS) is 14.6. The molecule has 0 aliphatic rings. The van der Waals surface area contributed by atoms with Crippen LogP contribution in [0.3, 0.4) is 0 Å². The molecular formula is C29H49N3O4. The number of nitrogens with one attached hydrogen (secondary N) is 2. The first-order valence-electron chi connectivity index (χ1n) is 13.1. The second-order valence-electron chi connectivity index (χ2n) is 12.3. The fourth-order valence-electron chi connectivity index (χ4n) is 4.11. The SMILES string of the molecule is CCC(C)N(C(=O)C(CC(C)C)NC(=O)OC(C)(C)C)C(C(=O)NC(C)(C)C)c1ccc(C)cc1C. The maximum absolute atomic E-state index is 14.2. The van der Waals surface area contributed by atoms with Crippen molar-refractivity contribution in [1.82, 2.24) is 15.5 Å². The van der Waals surface area contributed by atoms with Crippen molar-refractivity contribution in [3.05, 3.63) is 34.9 Å². The molecule has 1 rings (SSSR count). The Balaban J connectivity index is 3.64. The van der Waals surface area contributed by atoms with Crippen molar-refractivity contribution >= 4 is 17.9 Å². The van der Waals surface area contributed by atoms with Crippen molar-refractivity contribution in [2.24, 2.45) is 5.92 Å². The number of ether oxygens (including phenoxy) is 1. The van der Waals surface area contributed by atoms with Crippen molar-refractivity contribution in [2.75, 3.05) is 0 Å². The lowest BCUT2D eigenvalue weighted by Gasteiger charge is -2.40. The Labute approximate surface area is 218 Å². The first-order chi connectivity index (χ1) is 16.4. The number of rotatable bonds is 9. The van der Waals surface area contributed by atoms with Crippen molar-refractivity contribution in [3.8, 4) is 0 Å². The molecule has 3 amide bonds. The van der Waals surface area contributed by atoms with Crippen LogP contribution in [-0.2, 0) is 14.3 Å². The number of carbonyl (C=O) groups excluding carboxylic acids is 3. The van der Waals surface area contributed by atoms with Crippen molar-refractivity contribution in [1.29, 1.82) is 0 Å². The van der Waals surface area contributed by atoms with Crippen LogP contribution in [0.4, 0.5) is 4.79 Å². The molecule has 0 saturated carbocycles. The summed E-state index contributed by atoms with van der Waals surface area (Å²) in [5, 5.41) is 5.88. The summed E-state index contributed by atoms with van der Waals surface area (Å²) in [5.41, 5.74) is 1.61. The summed E-state index contributed by atoms with van der Waals surface area (Å²) < 4.78 is 5.46. The summed E-state index contributed by atoms with van der Waals surface area (Å²) in [6.45, 7) is 23.0. The number of aryl methyl sites for hydroxylation is 2. The second kappa shape index (κ2) is 12.6. The van der Waals surface area contributed by atoms with Crippen LogP contribution in [0.2, 0.25) is 0 Å². The molecule has 204 valence electrons. The Bertz CT molecular complexity index is 912. The zero-order chi connectivity index (χ0) is 28.0. The fourth-order valence-corrected chi connectivity index (χ4v) is 4.11. The molecule has 3 atom stereocenters. The first kappa shape index (κ1) is 31.5. The number of nitrogens with zero attached hydrogens (tertiary/aromatic N) is 1. The average Bonchev–Trinajstić information content (AvgIpc) is 2.68. The van der Waals surface area contributed by atoms with Gasteiger partial charge >= 0.3 is 6.09 Å². The monoisotopic (exact) mass is 503 g/mol. The molecule has 36 heavy (non-hydrogen) atoms. The van der Waals surface area contributed by atoms with Crippen LogP contribution in [0.5, 0.6) is 0 Å². The largest absolute Gasteiger partial charge is 0.444 e. The number of alkyl carbamates (subject to hydrolysis) is 1. The van der Waals surface area contributed by atoms with E-state index in [4.69, 9.17) is 4.74 Å². The minimum Gasteiger partial charge on any atom is -0.444 e. The van der Waals surface area contributed by atoms with Gasteiger partial charge < -0.3 is 20.3 Å². The lowest BCUT2D eigenvalue weighted by Crippen LogP contribution is -2.57. The summed E-state index contributed by atoms with van der Waals surface area (Å²) in [4.78, 5) is 42.4. The smallest absolute Gasteiger partial charge is 0.408 e. The van der Waals surface area contributed by atoms with Crippen LogP contribution in [-0.4, -0.2) is 46.0 Å². The van der Waals surface area contributed by atoms with Gasteiger partial charge in [-0.1, -0.05) is 44.5 Å². The number of hydrogen-bond acceptors (Lipinski definition) is 4. The fraction of sp³-hybridized carbons (Fsp3) is 0.690. The standard InChI is InChI=1S/C29H49N3O4/c1-13-21(6)32(26(34)23(16-18(2)3)30-27(35)36-29(10,11)12)24(25(33)31-28(7,8)9)22-15-14-19(4)17-20(22)5/h14-15,17-18,21,23-24H,13,16H2,1-12H3,(H,30,35)(H,31,33). The first-order valence-corrected chi connectivity index (χ1v) is 13.1. The Morgan fingerprint density at radius 3 is 2.03 bits per heavy atom. The van der Waals surface area contributed by atoms with Gasteiger partial charge in [0, 0.05) is 11.6 Å². The van der Waals surface area contributed by atoms with Crippen LogP contribution in [0, 0.1) is 19.8 Å². The number of hydrogen-bond donors (Lipinski definition) is 2. The molecule has 7 nitrogen and oxygen atoms in total. The molecule has 0 radical (unpaired) electrons. The van der Waals surface area contributed by atoms with E-state index in [-0.39, 0.29) is 23.8 Å². The third kappa shape index (κ3) is 9.82. The maximum Gasteiger partial charge on any atom is 0.408 e. The van der Waals surface area contributed by atoms with Gasteiger partial charge in [0.2, 0.25) is 11.8 Å². The Kier molecular flexibility index (Phi) is 11.0. The Morgan fingerprint density at radius 2 is 1.58 bits per heavy atom. The van der Waals surface area contributed by atoms with E-state index in [1.54, 1.807) is 25.7 Å². The summed E-state index contributed by atoms with van der Waals surface area (Å²) in [6.07, 6.45) is 0.426. The molecular weight excluding hydrogens is 454 g/mol. The van der Waals surface area contributed by atoms with Crippen molar-refractivity contribution < 1.29 is 19.1 Å². The van der Waals surface area contributed by atoms with E-state index in [2.05, 4.69) is 10.6 Å². The van der Waals surface area contributed by atoms with Crippen molar-refractivity contribution in [2.45, 2.75) is 125 Å². The van der Waals surface area contributed by atoms with Gasteiger partial charge in [-0.2, -0.15) is 0 Å². The summed E-state index contributed by atoms with van der Waals surface area (Å²) in [7, 11) is 0. The third-order valence-corrected chi connectivity index (χ3v) is 5.76. The lowest BCUT2D eigenvalue weighted by molar-refractivity contribution is -0.146. The van der Waals surface area contributed by atoms with Crippen LogP contribution in [0.1, 0.15) is 105 Å². The highest BCUT2D eigenvalue weighted by Crippen LogP contribution is 2.30. The topological polar surface area (TPSA) is 87.7 Å². The van der Waals surface area contributed by atoms with Gasteiger partial charge in [-0.05, 0) is 92.2 Å². The molecule has 0 fully saturated rings.